The number of rotatable bonds is 6. The predicted molar refractivity (Wildman–Crippen MR) is 127 cm³/mol. The van der Waals surface area contributed by atoms with Gasteiger partial charge in [0.1, 0.15) is 0 Å². The van der Waals surface area contributed by atoms with Crippen LogP contribution < -0.4 is 10.2 Å². The third kappa shape index (κ3) is 5.50. The van der Waals surface area contributed by atoms with Crippen LogP contribution in [-0.4, -0.2) is 17.9 Å². The van der Waals surface area contributed by atoms with E-state index in [0.717, 1.165) is 44.2 Å². The number of anilines is 1. The van der Waals surface area contributed by atoms with Crippen LogP contribution in [0.25, 0.3) is 0 Å². The molecule has 0 aliphatic heterocycles. The highest BCUT2D eigenvalue weighted by Gasteiger charge is 2.36. The van der Waals surface area contributed by atoms with E-state index in [4.69, 9.17) is 0 Å². The van der Waals surface area contributed by atoms with Gasteiger partial charge in [-0.05, 0) is 60.7 Å². The molecule has 0 saturated heterocycles. The number of benzene rings is 2. The number of thiophene rings is 1. The molecule has 1 unspecified atom stereocenters. The van der Waals surface area contributed by atoms with Gasteiger partial charge < -0.3 is 5.32 Å². The topological polar surface area (TPSA) is 49.4 Å². The molecule has 8 heteroatoms. The fourth-order valence-electron chi connectivity index (χ4n) is 4.26. The summed E-state index contributed by atoms with van der Waals surface area (Å²) < 4.78 is 39.5. The molecule has 1 saturated carbocycles. The summed E-state index contributed by atoms with van der Waals surface area (Å²) in [4.78, 5) is 29.2. The van der Waals surface area contributed by atoms with Crippen molar-refractivity contribution in [3.63, 3.8) is 0 Å². The average molecular weight is 487 g/mol. The zero-order valence-electron chi connectivity index (χ0n) is 18.4. The van der Waals surface area contributed by atoms with Crippen molar-refractivity contribution in [2.45, 2.75) is 50.4 Å². The van der Waals surface area contributed by atoms with E-state index in [0.29, 0.717) is 10.4 Å². The van der Waals surface area contributed by atoms with E-state index in [1.165, 1.54) is 28.4 Å². The summed E-state index contributed by atoms with van der Waals surface area (Å²) in [6.07, 6.45) is 0.426. The number of nitrogens with zero attached hydrogens (tertiary/aromatic N) is 1. The summed E-state index contributed by atoms with van der Waals surface area (Å²) >= 11 is 1.33. The summed E-state index contributed by atoms with van der Waals surface area (Å²) in [5.74, 6) is -0.795. The van der Waals surface area contributed by atoms with Crippen LogP contribution in [0.4, 0.5) is 18.9 Å². The molecule has 34 heavy (non-hydrogen) atoms. The highest BCUT2D eigenvalue weighted by Crippen LogP contribution is 2.35. The highest BCUT2D eigenvalue weighted by molar-refractivity contribution is 7.10. The zero-order chi connectivity index (χ0) is 24.1. The molecule has 1 aliphatic carbocycles. The second kappa shape index (κ2) is 10.4. The molecule has 0 spiro atoms. The van der Waals surface area contributed by atoms with Crippen LogP contribution in [0.15, 0.2) is 72.1 Å². The van der Waals surface area contributed by atoms with Gasteiger partial charge in [-0.25, -0.2) is 0 Å². The van der Waals surface area contributed by atoms with E-state index in [9.17, 15) is 22.8 Å². The number of hydrogen-bond donors (Lipinski definition) is 1. The van der Waals surface area contributed by atoms with E-state index in [1.807, 2.05) is 5.38 Å². The van der Waals surface area contributed by atoms with Gasteiger partial charge >= 0.3 is 6.18 Å². The molecular formula is C26H25F3N2O2S. The van der Waals surface area contributed by atoms with Crippen LogP contribution in [0.2, 0.25) is 0 Å². The van der Waals surface area contributed by atoms with Gasteiger partial charge in [0.15, 0.2) is 6.04 Å². The van der Waals surface area contributed by atoms with Gasteiger partial charge in [0.2, 0.25) is 5.91 Å². The minimum Gasteiger partial charge on any atom is -0.351 e. The Kier molecular flexibility index (Phi) is 7.36. The van der Waals surface area contributed by atoms with Crippen molar-refractivity contribution in [3.05, 3.63) is 88.1 Å². The number of hydrogen-bond acceptors (Lipinski definition) is 3. The summed E-state index contributed by atoms with van der Waals surface area (Å²) in [7, 11) is 0. The van der Waals surface area contributed by atoms with Crippen LogP contribution in [-0.2, 0) is 11.0 Å². The van der Waals surface area contributed by atoms with Crippen LogP contribution in [0.3, 0.4) is 0 Å². The first-order valence-corrected chi connectivity index (χ1v) is 12.1. The Labute approximate surface area is 200 Å². The van der Waals surface area contributed by atoms with Crippen molar-refractivity contribution >= 4 is 28.8 Å². The van der Waals surface area contributed by atoms with Crippen LogP contribution in [0, 0.1) is 0 Å². The first-order valence-electron chi connectivity index (χ1n) is 11.2. The molecule has 1 aromatic heterocycles. The lowest BCUT2D eigenvalue weighted by Crippen LogP contribution is -2.47. The molecule has 4 nitrogen and oxygen atoms in total. The molecule has 2 aromatic carbocycles. The Balaban J connectivity index is 1.76. The van der Waals surface area contributed by atoms with Crippen LogP contribution in [0.1, 0.15) is 58.9 Å². The molecule has 1 N–H and O–H groups in total. The first kappa shape index (κ1) is 24.0. The number of halogens is 3. The van der Waals surface area contributed by atoms with Gasteiger partial charge in [0.25, 0.3) is 5.91 Å². The van der Waals surface area contributed by atoms with Gasteiger partial charge in [-0.2, -0.15) is 13.2 Å². The van der Waals surface area contributed by atoms with E-state index in [1.54, 1.807) is 42.5 Å². The summed E-state index contributed by atoms with van der Waals surface area (Å²) in [6.45, 7) is 0. The lowest BCUT2D eigenvalue weighted by atomic mass is 9.95. The smallest absolute Gasteiger partial charge is 0.351 e. The molecule has 178 valence electrons. The van der Waals surface area contributed by atoms with Crippen molar-refractivity contribution < 1.29 is 22.8 Å². The largest absolute Gasteiger partial charge is 0.416 e. The molecule has 2 amide bonds. The van der Waals surface area contributed by atoms with E-state index < -0.39 is 23.7 Å². The fourth-order valence-corrected chi connectivity index (χ4v) is 5.07. The molecule has 0 radical (unpaired) electrons. The SMILES string of the molecule is O=C(NC1CCCCC1)C(c1cccs1)N(C(=O)c1ccccc1)c1ccc(C(F)(F)F)cc1. The van der Waals surface area contributed by atoms with Gasteiger partial charge in [0, 0.05) is 22.2 Å². The number of carbonyl (C=O) groups excluding carboxylic acids is 2. The molecule has 1 aliphatic rings. The second-order valence-corrected chi connectivity index (χ2v) is 9.33. The number of carbonyl (C=O) groups is 2. The highest BCUT2D eigenvalue weighted by atomic mass is 32.1. The Bertz CT molecular complexity index is 1090. The van der Waals surface area contributed by atoms with Crippen LogP contribution >= 0.6 is 11.3 Å². The van der Waals surface area contributed by atoms with Crippen molar-refractivity contribution in [3.8, 4) is 0 Å². The Morgan fingerprint density at radius 3 is 2.18 bits per heavy atom. The van der Waals surface area contributed by atoms with Gasteiger partial charge in [-0.1, -0.05) is 43.5 Å². The van der Waals surface area contributed by atoms with E-state index in [2.05, 4.69) is 5.32 Å². The predicted octanol–water partition coefficient (Wildman–Crippen LogP) is 6.60. The minimum atomic E-state index is -4.50. The maximum atomic E-state index is 13.7. The van der Waals surface area contributed by atoms with Gasteiger partial charge in [-0.3, -0.25) is 14.5 Å². The summed E-state index contributed by atoms with van der Waals surface area (Å²) in [6, 6.07) is 15.4. The Morgan fingerprint density at radius 1 is 0.912 bits per heavy atom. The van der Waals surface area contributed by atoms with Crippen molar-refractivity contribution in [1.29, 1.82) is 0 Å². The monoisotopic (exact) mass is 486 g/mol. The van der Waals surface area contributed by atoms with Gasteiger partial charge in [0.05, 0.1) is 5.56 Å². The van der Waals surface area contributed by atoms with Crippen molar-refractivity contribution in [1.82, 2.24) is 5.32 Å². The molecule has 0 bridgehead atoms. The molecule has 4 rings (SSSR count). The van der Waals surface area contributed by atoms with Crippen LogP contribution in [0.5, 0.6) is 0 Å². The zero-order valence-corrected chi connectivity index (χ0v) is 19.2. The van der Waals surface area contributed by atoms with Crippen molar-refractivity contribution in [2.75, 3.05) is 4.90 Å². The minimum absolute atomic E-state index is 0.0185. The maximum Gasteiger partial charge on any atom is 0.416 e. The number of nitrogens with one attached hydrogen (secondary N) is 1. The first-order chi connectivity index (χ1) is 16.3. The quantitative estimate of drug-likeness (QED) is 0.427. The normalized spacial score (nSPS) is 15.5. The number of alkyl halides is 3. The maximum absolute atomic E-state index is 13.7. The number of amides is 2. The molecule has 1 heterocycles. The van der Waals surface area contributed by atoms with E-state index >= 15 is 0 Å². The molecule has 1 fully saturated rings. The second-order valence-electron chi connectivity index (χ2n) is 8.35. The third-order valence-electron chi connectivity index (χ3n) is 5.98. The standard InChI is InChI=1S/C26H25F3N2O2S/c27-26(28,29)19-13-15-21(16-14-19)31(25(33)18-8-3-1-4-9-18)23(22-12-7-17-34-22)24(32)30-20-10-5-2-6-11-20/h1,3-4,7-9,12-17,20,23H,2,5-6,10-11H2,(H,30,32). The Morgan fingerprint density at radius 2 is 1.59 bits per heavy atom. The van der Waals surface area contributed by atoms with Gasteiger partial charge in [-0.15, -0.1) is 11.3 Å². The third-order valence-corrected chi connectivity index (χ3v) is 6.91. The molecular weight excluding hydrogens is 461 g/mol. The Hall–Kier alpha value is -3.13. The van der Waals surface area contributed by atoms with E-state index in [-0.39, 0.29) is 17.6 Å². The average Bonchev–Trinajstić information content (AvgIpc) is 3.37. The summed E-state index contributed by atoms with van der Waals surface area (Å²) in [5.41, 5.74) is -0.254. The van der Waals surface area contributed by atoms with Crippen molar-refractivity contribution in [2.24, 2.45) is 0 Å². The fraction of sp³-hybridized carbons (Fsp3) is 0.308. The summed E-state index contributed by atoms with van der Waals surface area (Å²) in [5, 5.41) is 4.91. The lowest BCUT2D eigenvalue weighted by Gasteiger charge is -2.33. The molecule has 3 aromatic rings. The molecule has 1 atom stereocenters. The lowest BCUT2D eigenvalue weighted by molar-refractivity contribution is -0.137.